The predicted octanol–water partition coefficient (Wildman–Crippen LogP) is 3.09. The molecule has 3 aromatic rings. The van der Waals surface area contributed by atoms with Gasteiger partial charge in [0.05, 0.1) is 26.2 Å². The monoisotopic (exact) mass is 528 g/mol. The summed E-state index contributed by atoms with van der Waals surface area (Å²) in [5.74, 6) is 1.97. The Labute approximate surface area is 219 Å². The number of pyridine rings is 1. The average Bonchev–Trinajstić information content (AvgIpc) is 2.93. The molecule has 37 heavy (non-hydrogen) atoms. The number of fused-ring (bicyclic) bond motifs is 1. The summed E-state index contributed by atoms with van der Waals surface area (Å²) in [6.45, 7) is 5.80. The summed E-state index contributed by atoms with van der Waals surface area (Å²) in [6, 6.07) is 11.0. The number of hydrogen-bond acceptors (Lipinski definition) is 8. The molecule has 0 saturated carbocycles. The highest BCUT2D eigenvalue weighted by molar-refractivity contribution is 7.89. The summed E-state index contributed by atoms with van der Waals surface area (Å²) in [7, 11) is 2.95. The van der Waals surface area contributed by atoms with Crippen molar-refractivity contribution in [1.82, 2.24) is 19.1 Å². The van der Waals surface area contributed by atoms with Gasteiger partial charge in [-0.1, -0.05) is 18.2 Å². The first-order valence-corrected chi connectivity index (χ1v) is 13.8. The quantitative estimate of drug-likeness (QED) is 0.376. The van der Waals surface area contributed by atoms with Gasteiger partial charge in [-0.15, -0.1) is 0 Å². The third-order valence-corrected chi connectivity index (χ3v) is 8.84. The van der Waals surface area contributed by atoms with E-state index in [1.807, 2.05) is 18.2 Å². The maximum Gasteiger partial charge on any atom is 0.243 e. The SMILES string of the molecule is COc1ccc(CN2CCN(CCCN(C)S(=O)(=O)c3cccc4cnccc34)CC2)c(OC)c1OC. The Morgan fingerprint density at radius 2 is 1.65 bits per heavy atom. The van der Waals surface area contributed by atoms with E-state index in [0.717, 1.165) is 56.6 Å². The zero-order valence-corrected chi connectivity index (χ0v) is 22.8. The third kappa shape index (κ3) is 5.98. The van der Waals surface area contributed by atoms with Gasteiger partial charge in [0.25, 0.3) is 0 Å². The van der Waals surface area contributed by atoms with Crippen molar-refractivity contribution in [3.63, 3.8) is 0 Å². The van der Waals surface area contributed by atoms with E-state index < -0.39 is 10.0 Å². The van der Waals surface area contributed by atoms with Crippen LogP contribution in [0.2, 0.25) is 0 Å². The zero-order chi connectivity index (χ0) is 26.4. The summed E-state index contributed by atoms with van der Waals surface area (Å²) in [5.41, 5.74) is 1.06. The predicted molar refractivity (Wildman–Crippen MR) is 144 cm³/mol. The lowest BCUT2D eigenvalue weighted by atomic mass is 10.1. The zero-order valence-electron chi connectivity index (χ0n) is 22.0. The molecular weight excluding hydrogens is 492 g/mol. The molecule has 1 aliphatic rings. The number of aromatic nitrogens is 1. The molecule has 9 nitrogen and oxygen atoms in total. The molecule has 4 rings (SSSR count). The minimum atomic E-state index is -3.58. The molecule has 0 N–H and O–H groups in total. The number of hydrogen-bond donors (Lipinski definition) is 0. The molecule has 0 unspecified atom stereocenters. The van der Waals surface area contributed by atoms with E-state index in [1.165, 1.54) is 4.31 Å². The molecule has 0 atom stereocenters. The highest BCUT2D eigenvalue weighted by Crippen LogP contribution is 2.40. The van der Waals surface area contributed by atoms with Crippen molar-refractivity contribution < 1.29 is 22.6 Å². The number of methoxy groups -OCH3 is 3. The molecule has 0 radical (unpaired) electrons. The fourth-order valence-corrected chi connectivity index (χ4v) is 6.24. The van der Waals surface area contributed by atoms with Gasteiger partial charge in [0.1, 0.15) is 0 Å². The van der Waals surface area contributed by atoms with E-state index >= 15 is 0 Å². The number of nitrogens with zero attached hydrogens (tertiary/aromatic N) is 4. The molecule has 2 aromatic carbocycles. The third-order valence-electron chi connectivity index (χ3n) is 6.92. The molecule has 0 bridgehead atoms. The topological polar surface area (TPSA) is 84.4 Å². The first kappa shape index (κ1) is 27.1. The normalized spacial score (nSPS) is 15.3. The summed E-state index contributed by atoms with van der Waals surface area (Å²) in [5, 5.41) is 1.52. The average molecular weight is 529 g/mol. The first-order valence-electron chi connectivity index (χ1n) is 12.4. The van der Waals surface area contributed by atoms with Crippen LogP contribution in [0.15, 0.2) is 53.7 Å². The molecule has 1 aromatic heterocycles. The number of ether oxygens (including phenoxy) is 3. The van der Waals surface area contributed by atoms with Crippen LogP contribution in [0.5, 0.6) is 17.2 Å². The van der Waals surface area contributed by atoms with Gasteiger partial charge in [0, 0.05) is 75.0 Å². The van der Waals surface area contributed by atoms with Crippen LogP contribution < -0.4 is 14.2 Å². The molecule has 200 valence electrons. The highest BCUT2D eigenvalue weighted by Gasteiger charge is 2.24. The van der Waals surface area contributed by atoms with Crippen LogP contribution in [-0.2, 0) is 16.6 Å². The molecule has 1 fully saturated rings. The van der Waals surface area contributed by atoms with Crippen LogP contribution in [0.1, 0.15) is 12.0 Å². The van der Waals surface area contributed by atoms with Gasteiger partial charge in [-0.3, -0.25) is 9.88 Å². The smallest absolute Gasteiger partial charge is 0.243 e. The minimum absolute atomic E-state index is 0.328. The highest BCUT2D eigenvalue weighted by atomic mass is 32.2. The van der Waals surface area contributed by atoms with Crippen molar-refractivity contribution in [3.05, 3.63) is 54.4 Å². The van der Waals surface area contributed by atoms with Gasteiger partial charge in [-0.25, -0.2) is 12.7 Å². The Balaban J connectivity index is 1.28. The van der Waals surface area contributed by atoms with Crippen molar-refractivity contribution in [2.75, 3.05) is 67.6 Å². The minimum Gasteiger partial charge on any atom is -0.493 e. The lowest BCUT2D eigenvalue weighted by Crippen LogP contribution is -2.46. The fraction of sp³-hybridized carbons (Fsp3) is 0.444. The van der Waals surface area contributed by atoms with Gasteiger partial charge in [0.2, 0.25) is 15.8 Å². The summed E-state index contributed by atoms with van der Waals surface area (Å²) in [4.78, 5) is 9.22. The first-order chi connectivity index (χ1) is 17.9. The molecule has 1 aliphatic heterocycles. The lowest BCUT2D eigenvalue weighted by molar-refractivity contribution is 0.124. The second-order valence-electron chi connectivity index (χ2n) is 9.14. The molecule has 10 heteroatoms. The van der Waals surface area contributed by atoms with E-state index in [0.29, 0.717) is 34.1 Å². The van der Waals surface area contributed by atoms with Gasteiger partial charge >= 0.3 is 0 Å². The largest absolute Gasteiger partial charge is 0.493 e. The van der Waals surface area contributed by atoms with E-state index in [9.17, 15) is 8.42 Å². The fourth-order valence-electron chi connectivity index (χ4n) is 4.82. The Morgan fingerprint density at radius 3 is 2.35 bits per heavy atom. The maximum atomic E-state index is 13.2. The van der Waals surface area contributed by atoms with Crippen molar-refractivity contribution in [2.45, 2.75) is 17.9 Å². The van der Waals surface area contributed by atoms with E-state index in [4.69, 9.17) is 14.2 Å². The number of piperazine rings is 1. The van der Waals surface area contributed by atoms with Crippen molar-refractivity contribution >= 4 is 20.8 Å². The van der Waals surface area contributed by atoms with E-state index in [1.54, 1.807) is 59.0 Å². The van der Waals surface area contributed by atoms with Gasteiger partial charge in [0.15, 0.2) is 11.5 Å². The molecular formula is C27H36N4O5S. The Hall–Kier alpha value is -2.92. The van der Waals surface area contributed by atoms with Gasteiger partial charge < -0.3 is 19.1 Å². The molecule has 0 aliphatic carbocycles. The van der Waals surface area contributed by atoms with Gasteiger partial charge in [-0.2, -0.15) is 0 Å². The Morgan fingerprint density at radius 1 is 0.919 bits per heavy atom. The van der Waals surface area contributed by atoms with Crippen molar-refractivity contribution in [3.8, 4) is 17.2 Å². The maximum absolute atomic E-state index is 13.2. The van der Waals surface area contributed by atoms with Crippen LogP contribution in [0.3, 0.4) is 0 Å². The second-order valence-corrected chi connectivity index (χ2v) is 11.2. The van der Waals surface area contributed by atoms with Crippen LogP contribution in [-0.4, -0.2) is 95.2 Å². The summed E-state index contributed by atoms with van der Waals surface area (Å²) >= 11 is 0. The van der Waals surface area contributed by atoms with Crippen LogP contribution >= 0.6 is 0 Å². The molecule has 1 saturated heterocycles. The standard InChI is InChI=1S/C27H36N4O5S/c1-29(37(32,33)25-8-5-7-21-19-28-12-11-23(21)25)13-6-14-30-15-17-31(18-16-30)20-22-9-10-24(34-2)27(36-4)26(22)35-3/h5,7-12,19H,6,13-18,20H2,1-4H3. The number of rotatable bonds is 11. The van der Waals surface area contributed by atoms with Crippen molar-refractivity contribution in [1.29, 1.82) is 0 Å². The Bertz CT molecular complexity index is 1300. The number of benzene rings is 2. The van der Waals surface area contributed by atoms with Gasteiger partial charge in [-0.05, 0) is 31.2 Å². The van der Waals surface area contributed by atoms with Crippen molar-refractivity contribution in [2.24, 2.45) is 0 Å². The van der Waals surface area contributed by atoms with Crippen LogP contribution in [0, 0.1) is 0 Å². The Kier molecular flexibility index (Phi) is 8.86. The molecule has 2 heterocycles. The van der Waals surface area contributed by atoms with Crippen LogP contribution in [0.25, 0.3) is 10.8 Å². The van der Waals surface area contributed by atoms with E-state index in [-0.39, 0.29) is 0 Å². The molecule has 0 spiro atoms. The summed E-state index contributed by atoms with van der Waals surface area (Å²) < 4.78 is 44.5. The summed E-state index contributed by atoms with van der Waals surface area (Å²) in [6.07, 6.45) is 4.09. The lowest BCUT2D eigenvalue weighted by Gasteiger charge is -2.35. The van der Waals surface area contributed by atoms with E-state index in [2.05, 4.69) is 14.8 Å². The second kappa shape index (κ2) is 12.1. The molecule has 0 amide bonds. The van der Waals surface area contributed by atoms with Crippen LogP contribution in [0.4, 0.5) is 0 Å². The number of sulfonamides is 1.